The second-order valence-electron chi connectivity index (χ2n) is 3.84. The lowest BCUT2D eigenvalue weighted by molar-refractivity contribution is 0.0677. The molecule has 5 heteroatoms. The average Bonchev–Trinajstić information content (AvgIpc) is 2.76. The number of aromatic nitrogens is 1. The van der Waals surface area contributed by atoms with Gasteiger partial charge in [0.15, 0.2) is 0 Å². The Balaban J connectivity index is 2.18. The monoisotopic (exact) mass is 240 g/mol. The minimum absolute atomic E-state index is 0.0184. The van der Waals surface area contributed by atoms with Crippen molar-refractivity contribution in [2.45, 2.75) is 18.9 Å². The molecule has 1 aliphatic heterocycles. The number of likely N-dealkylation sites (tertiary alicyclic amines) is 1. The highest BCUT2D eigenvalue weighted by atomic mass is 35.5. The van der Waals surface area contributed by atoms with E-state index in [0.29, 0.717) is 17.3 Å². The van der Waals surface area contributed by atoms with Crippen molar-refractivity contribution >= 4 is 17.5 Å². The fourth-order valence-electron chi connectivity index (χ4n) is 1.99. The van der Waals surface area contributed by atoms with Crippen molar-refractivity contribution in [2.24, 2.45) is 0 Å². The molecular weight excluding hydrogens is 228 g/mol. The van der Waals surface area contributed by atoms with Crippen molar-refractivity contribution in [3.8, 4) is 0 Å². The number of amides is 1. The van der Waals surface area contributed by atoms with Crippen LogP contribution >= 0.6 is 11.6 Å². The lowest BCUT2D eigenvalue weighted by Crippen LogP contribution is -2.37. The molecule has 0 aromatic carbocycles. The van der Waals surface area contributed by atoms with E-state index in [-0.39, 0.29) is 18.6 Å². The van der Waals surface area contributed by atoms with Crippen LogP contribution in [0.4, 0.5) is 0 Å². The number of nitrogens with zero attached hydrogens (tertiary/aromatic N) is 2. The van der Waals surface area contributed by atoms with Gasteiger partial charge in [-0.3, -0.25) is 4.79 Å². The second kappa shape index (κ2) is 4.80. The van der Waals surface area contributed by atoms with Crippen molar-refractivity contribution in [3.63, 3.8) is 0 Å². The molecule has 86 valence electrons. The highest BCUT2D eigenvalue weighted by Gasteiger charge is 2.28. The molecule has 1 N–H and O–H groups in total. The van der Waals surface area contributed by atoms with Crippen LogP contribution in [-0.4, -0.2) is 40.1 Å². The Morgan fingerprint density at radius 3 is 3.19 bits per heavy atom. The van der Waals surface area contributed by atoms with E-state index in [4.69, 9.17) is 16.7 Å². The first kappa shape index (κ1) is 11.4. The first-order valence-electron chi connectivity index (χ1n) is 5.26. The maximum Gasteiger partial charge on any atom is 0.254 e. The summed E-state index contributed by atoms with van der Waals surface area (Å²) in [6.45, 7) is 0.717. The molecule has 0 bridgehead atoms. The van der Waals surface area contributed by atoms with E-state index in [9.17, 15) is 4.79 Å². The van der Waals surface area contributed by atoms with E-state index < -0.39 is 0 Å². The minimum Gasteiger partial charge on any atom is -0.394 e. The van der Waals surface area contributed by atoms with Gasteiger partial charge in [-0.2, -0.15) is 0 Å². The van der Waals surface area contributed by atoms with Gasteiger partial charge in [0, 0.05) is 18.3 Å². The quantitative estimate of drug-likeness (QED) is 0.794. The lowest BCUT2D eigenvalue weighted by atomic mass is 10.2. The van der Waals surface area contributed by atoms with Gasteiger partial charge >= 0.3 is 0 Å². The Bertz CT molecular complexity index is 397. The van der Waals surface area contributed by atoms with Gasteiger partial charge in [0.05, 0.1) is 12.6 Å². The maximum absolute atomic E-state index is 12.1. The van der Waals surface area contributed by atoms with Crippen LogP contribution in [0.15, 0.2) is 18.3 Å². The van der Waals surface area contributed by atoms with Gasteiger partial charge in [-0.15, -0.1) is 0 Å². The van der Waals surface area contributed by atoms with Gasteiger partial charge in [0.25, 0.3) is 5.91 Å². The Morgan fingerprint density at radius 1 is 1.69 bits per heavy atom. The molecule has 0 aliphatic carbocycles. The smallest absolute Gasteiger partial charge is 0.254 e. The number of halogens is 1. The van der Waals surface area contributed by atoms with Crippen molar-refractivity contribution in [1.82, 2.24) is 9.88 Å². The van der Waals surface area contributed by atoms with Gasteiger partial charge in [0.1, 0.15) is 5.15 Å². The first-order valence-corrected chi connectivity index (χ1v) is 5.63. The highest BCUT2D eigenvalue weighted by Crippen LogP contribution is 2.20. The summed E-state index contributed by atoms with van der Waals surface area (Å²) in [6.07, 6.45) is 3.32. The predicted octanol–water partition coefficient (Wildman–Crippen LogP) is 1.33. The summed E-state index contributed by atoms with van der Waals surface area (Å²) in [7, 11) is 0. The number of aliphatic hydroxyl groups is 1. The average molecular weight is 241 g/mol. The molecule has 2 rings (SSSR count). The molecule has 1 aromatic rings. The predicted molar refractivity (Wildman–Crippen MR) is 60.4 cm³/mol. The summed E-state index contributed by atoms with van der Waals surface area (Å²) >= 11 is 5.73. The van der Waals surface area contributed by atoms with Gasteiger partial charge < -0.3 is 10.0 Å². The highest BCUT2D eigenvalue weighted by molar-refractivity contribution is 6.29. The molecule has 1 fully saturated rings. The molecular formula is C11H13ClN2O2. The van der Waals surface area contributed by atoms with Crippen molar-refractivity contribution in [2.75, 3.05) is 13.2 Å². The van der Waals surface area contributed by atoms with Crippen molar-refractivity contribution in [1.29, 1.82) is 0 Å². The number of aliphatic hydroxyl groups excluding tert-OH is 1. The van der Waals surface area contributed by atoms with Crippen LogP contribution in [-0.2, 0) is 0 Å². The molecule has 1 aromatic heterocycles. The fraction of sp³-hybridized carbons (Fsp3) is 0.455. The molecule has 1 amide bonds. The molecule has 1 atom stereocenters. The third-order valence-electron chi connectivity index (χ3n) is 2.82. The topological polar surface area (TPSA) is 53.4 Å². The van der Waals surface area contributed by atoms with Crippen LogP contribution in [0.1, 0.15) is 23.2 Å². The Labute approximate surface area is 98.9 Å². The SMILES string of the molecule is O=C(c1ccnc(Cl)c1)N1CCC[C@@H]1CO. The number of rotatable bonds is 2. The molecule has 1 saturated heterocycles. The summed E-state index contributed by atoms with van der Waals surface area (Å²) in [6, 6.07) is 3.14. The number of hydrogen-bond acceptors (Lipinski definition) is 3. The van der Waals surface area contributed by atoms with E-state index in [1.165, 1.54) is 6.20 Å². The molecule has 0 saturated carbocycles. The lowest BCUT2D eigenvalue weighted by Gasteiger charge is -2.22. The fourth-order valence-corrected chi connectivity index (χ4v) is 2.17. The summed E-state index contributed by atoms with van der Waals surface area (Å²) in [4.78, 5) is 17.6. The zero-order valence-electron chi connectivity index (χ0n) is 8.77. The van der Waals surface area contributed by atoms with Crippen LogP contribution in [0, 0.1) is 0 Å². The molecule has 0 spiro atoms. The first-order chi connectivity index (χ1) is 7.72. The van der Waals surface area contributed by atoms with E-state index in [1.807, 2.05) is 0 Å². The van der Waals surface area contributed by atoms with E-state index >= 15 is 0 Å². The molecule has 0 radical (unpaired) electrons. The van der Waals surface area contributed by atoms with Crippen LogP contribution in [0.2, 0.25) is 5.15 Å². The van der Waals surface area contributed by atoms with Gasteiger partial charge in [-0.1, -0.05) is 11.6 Å². The largest absolute Gasteiger partial charge is 0.394 e. The second-order valence-corrected chi connectivity index (χ2v) is 4.23. The summed E-state index contributed by atoms with van der Waals surface area (Å²) in [5, 5.41) is 9.47. The Morgan fingerprint density at radius 2 is 2.50 bits per heavy atom. The van der Waals surface area contributed by atoms with E-state index in [0.717, 1.165) is 12.8 Å². The normalized spacial score (nSPS) is 20.1. The summed E-state index contributed by atoms with van der Waals surface area (Å²) in [5.41, 5.74) is 0.528. The molecule has 0 unspecified atom stereocenters. The van der Waals surface area contributed by atoms with E-state index in [1.54, 1.807) is 17.0 Å². The Kier molecular flexibility index (Phi) is 3.41. The molecule has 4 nitrogen and oxygen atoms in total. The summed E-state index contributed by atoms with van der Waals surface area (Å²) < 4.78 is 0. The molecule has 16 heavy (non-hydrogen) atoms. The van der Waals surface area contributed by atoms with Gasteiger partial charge in [-0.05, 0) is 25.0 Å². The zero-order valence-corrected chi connectivity index (χ0v) is 9.52. The van der Waals surface area contributed by atoms with Crippen LogP contribution in [0.5, 0.6) is 0 Å². The van der Waals surface area contributed by atoms with Gasteiger partial charge in [-0.25, -0.2) is 4.98 Å². The van der Waals surface area contributed by atoms with Crippen LogP contribution < -0.4 is 0 Å². The van der Waals surface area contributed by atoms with Crippen LogP contribution in [0.3, 0.4) is 0 Å². The maximum atomic E-state index is 12.1. The van der Waals surface area contributed by atoms with Crippen molar-refractivity contribution in [3.05, 3.63) is 29.0 Å². The number of pyridine rings is 1. The minimum atomic E-state index is -0.0825. The third-order valence-corrected chi connectivity index (χ3v) is 3.03. The van der Waals surface area contributed by atoms with Crippen LogP contribution in [0.25, 0.3) is 0 Å². The van der Waals surface area contributed by atoms with E-state index in [2.05, 4.69) is 4.98 Å². The molecule has 1 aliphatic rings. The number of carbonyl (C=O) groups is 1. The van der Waals surface area contributed by atoms with Crippen molar-refractivity contribution < 1.29 is 9.90 Å². The number of carbonyl (C=O) groups excluding carboxylic acids is 1. The summed E-state index contributed by atoms with van der Waals surface area (Å²) in [5.74, 6) is -0.0825. The standard InChI is InChI=1S/C11H13ClN2O2/c12-10-6-8(3-4-13-10)11(16)14-5-1-2-9(14)7-15/h3-4,6,9,15H,1-2,5,7H2/t9-/m1/s1. The zero-order chi connectivity index (χ0) is 11.5. The third kappa shape index (κ3) is 2.18. The Hall–Kier alpha value is -1.13. The van der Waals surface area contributed by atoms with Gasteiger partial charge in [0.2, 0.25) is 0 Å². The molecule has 2 heterocycles. The number of hydrogen-bond donors (Lipinski definition) is 1.